The number of aromatic nitrogens is 2. The molecule has 2 aromatic rings. The molecule has 108 valence electrons. The first-order valence-electron chi connectivity index (χ1n) is 5.71. The molecule has 2 N–H and O–H groups in total. The molecular weight excluding hydrogens is 287 g/mol. The van der Waals surface area contributed by atoms with Gasteiger partial charge in [-0.25, -0.2) is 17.5 Å². The molecule has 0 saturated carbocycles. The fourth-order valence-corrected chi connectivity index (χ4v) is 2.62. The molecule has 0 saturated heterocycles. The van der Waals surface area contributed by atoms with E-state index in [1.165, 1.54) is 12.1 Å². The number of benzene rings is 1. The van der Waals surface area contributed by atoms with E-state index in [0.29, 0.717) is 12.1 Å². The van der Waals surface area contributed by atoms with Gasteiger partial charge in [0.25, 0.3) is 0 Å². The predicted molar refractivity (Wildman–Crippen MR) is 67.5 cm³/mol. The van der Waals surface area contributed by atoms with Gasteiger partial charge in [0.15, 0.2) is 5.82 Å². The Morgan fingerprint density at radius 1 is 1.35 bits per heavy atom. The molecule has 1 aromatic carbocycles. The molecular formula is C11H13FN4O3S. The number of nitrogens with one attached hydrogen (secondary N) is 2. The van der Waals surface area contributed by atoms with Gasteiger partial charge in [-0.1, -0.05) is 11.2 Å². The number of hydrogen-bond donors (Lipinski definition) is 2. The van der Waals surface area contributed by atoms with E-state index < -0.39 is 20.7 Å². The van der Waals surface area contributed by atoms with Crippen LogP contribution in [0.4, 0.5) is 4.39 Å². The second-order valence-corrected chi connectivity index (χ2v) is 5.70. The zero-order valence-electron chi connectivity index (χ0n) is 10.6. The highest BCUT2D eigenvalue weighted by molar-refractivity contribution is 7.89. The van der Waals surface area contributed by atoms with Crippen molar-refractivity contribution in [2.45, 2.75) is 18.0 Å². The molecule has 0 unspecified atom stereocenters. The Morgan fingerprint density at radius 2 is 2.15 bits per heavy atom. The maximum absolute atomic E-state index is 13.8. The minimum atomic E-state index is -3.97. The normalized spacial score (nSPS) is 11.7. The van der Waals surface area contributed by atoms with E-state index in [1.54, 1.807) is 13.1 Å². The van der Waals surface area contributed by atoms with Crippen molar-refractivity contribution >= 4 is 10.0 Å². The summed E-state index contributed by atoms with van der Waals surface area (Å²) in [6.45, 7) is 0.282. The molecule has 20 heavy (non-hydrogen) atoms. The van der Waals surface area contributed by atoms with Crippen LogP contribution in [0.25, 0.3) is 0 Å². The van der Waals surface area contributed by atoms with Crippen LogP contribution in [0.2, 0.25) is 0 Å². The van der Waals surface area contributed by atoms with Crippen LogP contribution in [0.15, 0.2) is 34.0 Å². The van der Waals surface area contributed by atoms with E-state index in [9.17, 15) is 12.8 Å². The Morgan fingerprint density at radius 3 is 2.75 bits per heavy atom. The van der Waals surface area contributed by atoms with Crippen LogP contribution in [0, 0.1) is 5.82 Å². The Kier molecular flexibility index (Phi) is 4.42. The monoisotopic (exact) mass is 300 g/mol. The molecule has 0 spiro atoms. The number of sulfonamides is 1. The molecule has 0 amide bonds. The van der Waals surface area contributed by atoms with Crippen LogP contribution in [-0.4, -0.2) is 25.6 Å². The van der Waals surface area contributed by atoms with Crippen LogP contribution >= 0.6 is 0 Å². The van der Waals surface area contributed by atoms with Gasteiger partial charge in [-0.15, -0.1) is 0 Å². The number of rotatable bonds is 6. The van der Waals surface area contributed by atoms with Crippen LogP contribution in [-0.2, 0) is 23.1 Å². The topological polar surface area (TPSA) is 97.1 Å². The van der Waals surface area contributed by atoms with Crippen molar-refractivity contribution in [1.82, 2.24) is 20.2 Å². The SMILES string of the molecule is CNCc1ccc(S(=O)(=O)NCc2ncon2)c(F)c1. The van der Waals surface area contributed by atoms with Gasteiger partial charge in [0, 0.05) is 6.54 Å². The third-order valence-electron chi connectivity index (χ3n) is 2.49. The average molecular weight is 300 g/mol. The van der Waals surface area contributed by atoms with Gasteiger partial charge in [0.2, 0.25) is 16.4 Å². The first-order chi connectivity index (χ1) is 9.53. The maximum Gasteiger partial charge on any atom is 0.243 e. The van der Waals surface area contributed by atoms with Crippen molar-refractivity contribution in [2.75, 3.05) is 7.05 Å². The molecule has 2 rings (SSSR count). The summed E-state index contributed by atoms with van der Waals surface area (Å²) in [6, 6.07) is 3.95. The Hall–Kier alpha value is -1.84. The van der Waals surface area contributed by atoms with Crippen LogP contribution in [0.5, 0.6) is 0 Å². The molecule has 0 aliphatic rings. The van der Waals surface area contributed by atoms with Crippen molar-refractivity contribution in [3.8, 4) is 0 Å². The van der Waals surface area contributed by atoms with Gasteiger partial charge in [0.1, 0.15) is 10.7 Å². The second-order valence-electron chi connectivity index (χ2n) is 3.97. The van der Waals surface area contributed by atoms with Gasteiger partial charge < -0.3 is 9.84 Å². The van der Waals surface area contributed by atoms with Crippen molar-refractivity contribution in [3.05, 3.63) is 41.8 Å². The summed E-state index contributed by atoms with van der Waals surface area (Å²) < 4.78 is 44.4. The summed E-state index contributed by atoms with van der Waals surface area (Å²) in [5, 5.41) is 6.31. The third-order valence-corrected chi connectivity index (χ3v) is 3.93. The van der Waals surface area contributed by atoms with E-state index in [0.717, 1.165) is 6.39 Å². The molecule has 1 heterocycles. The summed E-state index contributed by atoms with van der Waals surface area (Å²) in [7, 11) is -2.25. The van der Waals surface area contributed by atoms with Crippen LogP contribution < -0.4 is 10.0 Å². The van der Waals surface area contributed by atoms with Gasteiger partial charge >= 0.3 is 0 Å². The van der Waals surface area contributed by atoms with Gasteiger partial charge in [-0.3, -0.25) is 0 Å². The Balaban J connectivity index is 2.16. The van der Waals surface area contributed by atoms with Crippen molar-refractivity contribution in [1.29, 1.82) is 0 Å². The molecule has 0 aliphatic carbocycles. The largest absolute Gasteiger partial charge is 0.343 e. The van der Waals surface area contributed by atoms with E-state index in [4.69, 9.17) is 0 Å². The Labute approximate surface area is 115 Å². The van der Waals surface area contributed by atoms with E-state index in [-0.39, 0.29) is 12.4 Å². The quantitative estimate of drug-likeness (QED) is 0.802. The summed E-state index contributed by atoms with van der Waals surface area (Å²) in [5.74, 6) is -0.640. The van der Waals surface area contributed by atoms with Crippen molar-refractivity contribution in [3.63, 3.8) is 0 Å². The highest BCUT2D eigenvalue weighted by Crippen LogP contribution is 2.16. The summed E-state index contributed by atoms with van der Waals surface area (Å²) >= 11 is 0. The number of halogens is 1. The van der Waals surface area contributed by atoms with Gasteiger partial charge in [0.05, 0.1) is 6.54 Å². The minimum absolute atomic E-state index is 0.167. The second kappa shape index (κ2) is 6.07. The van der Waals surface area contributed by atoms with Gasteiger partial charge in [-0.2, -0.15) is 4.98 Å². The Bertz CT molecular complexity index is 673. The lowest BCUT2D eigenvalue weighted by molar-refractivity contribution is 0.409. The van der Waals surface area contributed by atoms with E-state index >= 15 is 0 Å². The molecule has 9 heteroatoms. The maximum atomic E-state index is 13.8. The molecule has 0 bridgehead atoms. The molecule has 1 aromatic heterocycles. The summed E-state index contributed by atoms with van der Waals surface area (Å²) in [5.41, 5.74) is 0.655. The zero-order valence-corrected chi connectivity index (χ0v) is 11.4. The molecule has 0 fully saturated rings. The fourth-order valence-electron chi connectivity index (χ4n) is 1.58. The van der Waals surface area contributed by atoms with Crippen molar-refractivity contribution < 1.29 is 17.3 Å². The lowest BCUT2D eigenvalue weighted by Gasteiger charge is -2.07. The van der Waals surface area contributed by atoms with E-state index in [1.807, 2.05) is 0 Å². The smallest absolute Gasteiger partial charge is 0.243 e. The number of nitrogens with zero attached hydrogens (tertiary/aromatic N) is 2. The standard InChI is InChI=1S/C11H13FN4O3S/c1-13-5-8-2-3-10(9(12)4-8)20(17,18)15-6-11-14-7-19-16-11/h2-4,7,13,15H,5-6H2,1H3. The van der Waals surface area contributed by atoms with Crippen LogP contribution in [0.3, 0.4) is 0 Å². The molecule has 7 nitrogen and oxygen atoms in total. The van der Waals surface area contributed by atoms with Gasteiger partial charge in [-0.05, 0) is 24.7 Å². The number of hydrogen-bond acceptors (Lipinski definition) is 6. The highest BCUT2D eigenvalue weighted by atomic mass is 32.2. The summed E-state index contributed by atoms with van der Waals surface area (Å²) in [4.78, 5) is 3.25. The zero-order chi connectivity index (χ0) is 14.6. The molecule has 0 radical (unpaired) electrons. The first-order valence-corrected chi connectivity index (χ1v) is 7.19. The molecule has 0 aliphatic heterocycles. The lowest BCUT2D eigenvalue weighted by Crippen LogP contribution is -2.25. The summed E-state index contributed by atoms with van der Waals surface area (Å²) in [6.07, 6.45) is 1.08. The van der Waals surface area contributed by atoms with Crippen molar-refractivity contribution in [2.24, 2.45) is 0 Å². The average Bonchev–Trinajstić information content (AvgIpc) is 2.90. The minimum Gasteiger partial charge on any atom is -0.343 e. The third kappa shape index (κ3) is 3.38. The predicted octanol–water partition coefficient (Wildman–Crippen LogP) is 0.407. The first kappa shape index (κ1) is 14.6. The molecule has 0 atom stereocenters. The fraction of sp³-hybridized carbons (Fsp3) is 0.273. The lowest BCUT2D eigenvalue weighted by atomic mass is 10.2. The van der Waals surface area contributed by atoms with Crippen LogP contribution in [0.1, 0.15) is 11.4 Å². The van der Waals surface area contributed by atoms with E-state index in [2.05, 4.69) is 24.7 Å². The highest BCUT2D eigenvalue weighted by Gasteiger charge is 2.19.